The van der Waals surface area contributed by atoms with Crippen molar-refractivity contribution in [3.05, 3.63) is 30.5 Å². The number of aromatic nitrogens is 1. The van der Waals surface area contributed by atoms with Crippen molar-refractivity contribution in [3.63, 3.8) is 0 Å². The molecule has 1 fully saturated rings. The number of likely N-dealkylation sites (N-methyl/N-ethyl adjacent to an activating group) is 1. The number of hydrogen-bond acceptors (Lipinski definition) is 1. The highest BCUT2D eigenvalue weighted by atomic mass is 16.2. The smallest absolute Gasteiger partial charge is 0.322 e. The number of hydrogen-bond donors (Lipinski definition) is 3. The van der Waals surface area contributed by atoms with Crippen LogP contribution in [0.25, 0.3) is 10.9 Å². The molecule has 5 heteroatoms. The van der Waals surface area contributed by atoms with E-state index < -0.39 is 0 Å². The van der Waals surface area contributed by atoms with Gasteiger partial charge >= 0.3 is 6.03 Å². The summed E-state index contributed by atoms with van der Waals surface area (Å²) in [7, 11) is 2.16. The Bertz CT molecular complexity index is 584. The summed E-state index contributed by atoms with van der Waals surface area (Å²) in [4.78, 5) is 18.7. The number of quaternary nitrogens is 1. The van der Waals surface area contributed by atoms with Crippen LogP contribution in [0.2, 0.25) is 0 Å². The summed E-state index contributed by atoms with van der Waals surface area (Å²) in [5.74, 6) is 0. The zero-order chi connectivity index (χ0) is 13.2. The number of para-hydroxylation sites is 1. The van der Waals surface area contributed by atoms with Crippen LogP contribution >= 0.6 is 0 Å². The minimum Gasteiger partial charge on any atom is -0.359 e. The number of nitrogens with one attached hydrogen (secondary N) is 3. The molecule has 0 radical (unpaired) electrons. The number of carbonyl (C=O) groups is 1. The molecule has 19 heavy (non-hydrogen) atoms. The van der Waals surface area contributed by atoms with Crippen molar-refractivity contribution >= 4 is 22.6 Å². The van der Waals surface area contributed by atoms with Crippen LogP contribution in [0.15, 0.2) is 30.5 Å². The second-order valence-corrected chi connectivity index (χ2v) is 5.12. The standard InChI is InChI=1S/C14H18N4O/c1-17-6-8-18(9-7-17)14(19)16-13-10-15-12-5-3-2-4-11(12)13/h2-5,10,15H,6-9H2,1H3,(H,16,19)/p+1. The van der Waals surface area contributed by atoms with Crippen LogP contribution in [-0.4, -0.2) is 49.1 Å². The summed E-state index contributed by atoms with van der Waals surface area (Å²) in [5.41, 5.74) is 1.90. The summed E-state index contributed by atoms with van der Waals surface area (Å²) < 4.78 is 0. The van der Waals surface area contributed by atoms with Gasteiger partial charge in [0.2, 0.25) is 0 Å². The first-order valence-corrected chi connectivity index (χ1v) is 6.67. The van der Waals surface area contributed by atoms with Gasteiger partial charge in [0.1, 0.15) is 0 Å². The van der Waals surface area contributed by atoms with Crippen molar-refractivity contribution < 1.29 is 9.69 Å². The lowest BCUT2D eigenvalue weighted by molar-refractivity contribution is -0.883. The lowest BCUT2D eigenvalue weighted by Gasteiger charge is -2.29. The molecule has 2 amide bonds. The van der Waals surface area contributed by atoms with E-state index in [2.05, 4.69) is 17.3 Å². The molecule has 1 aliphatic rings. The second kappa shape index (κ2) is 4.93. The molecule has 1 aromatic heterocycles. The van der Waals surface area contributed by atoms with Crippen molar-refractivity contribution in [2.45, 2.75) is 0 Å². The summed E-state index contributed by atoms with van der Waals surface area (Å²) in [6.07, 6.45) is 1.85. The van der Waals surface area contributed by atoms with Gasteiger partial charge in [-0.25, -0.2) is 4.79 Å². The molecule has 0 spiro atoms. The van der Waals surface area contributed by atoms with Gasteiger partial charge in [-0.3, -0.25) is 0 Å². The number of aromatic amines is 1. The number of H-pyrrole nitrogens is 1. The maximum atomic E-state index is 12.2. The van der Waals surface area contributed by atoms with Gasteiger partial charge in [0, 0.05) is 17.1 Å². The number of carbonyl (C=O) groups excluding carboxylic acids is 1. The van der Waals surface area contributed by atoms with E-state index in [4.69, 9.17) is 0 Å². The lowest BCUT2D eigenvalue weighted by Crippen LogP contribution is -3.12. The number of urea groups is 1. The van der Waals surface area contributed by atoms with E-state index in [0.29, 0.717) is 0 Å². The molecule has 2 heterocycles. The summed E-state index contributed by atoms with van der Waals surface area (Å²) in [6, 6.07) is 7.97. The molecule has 0 aliphatic carbocycles. The van der Waals surface area contributed by atoms with Crippen LogP contribution in [0.1, 0.15) is 0 Å². The first kappa shape index (κ1) is 12.0. The Morgan fingerprint density at radius 3 is 2.84 bits per heavy atom. The Labute approximate surface area is 112 Å². The third-order valence-corrected chi connectivity index (χ3v) is 3.74. The highest BCUT2D eigenvalue weighted by Gasteiger charge is 2.21. The third kappa shape index (κ3) is 2.42. The molecule has 0 unspecified atom stereocenters. The van der Waals surface area contributed by atoms with E-state index in [-0.39, 0.29) is 6.03 Å². The zero-order valence-corrected chi connectivity index (χ0v) is 11.1. The molecule has 100 valence electrons. The third-order valence-electron chi connectivity index (χ3n) is 3.74. The quantitative estimate of drug-likeness (QED) is 0.687. The molecule has 3 rings (SSSR count). The first-order valence-electron chi connectivity index (χ1n) is 6.67. The summed E-state index contributed by atoms with van der Waals surface area (Å²) in [5, 5.41) is 4.05. The number of amides is 2. The summed E-state index contributed by atoms with van der Waals surface area (Å²) in [6.45, 7) is 3.67. The average molecular weight is 259 g/mol. The SMILES string of the molecule is C[NH+]1CCN(C(=O)Nc2c[nH]c3ccccc23)CC1. The van der Waals surface area contributed by atoms with E-state index in [0.717, 1.165) is 42.8 Å². The molecule has 1 aliphatic heterocycles. The second-order valence-electron chi connectivity index (χ2n) is 5.12. The Kier molecular flexibility index (Phi) is 3.13. The lowest BCUT2D eigenvalue weighted by atomic mass is 10.2. The van der Waals surface area contributed by atoms with Crippen LogP contribution in [0.3, 0.4) is 0 Å². The van der Waals surface area contributed by atoms with Gasteiger partial charge in [0.05, 0.1) is 38.9 Å². The van der Waals surface area contributed by atoms with Crippen molar-refractivity contribution in [2.75, 3.05) is 38.5 Å². The predicted octanol–water partition coefficient (Wildman–Crippen LogP) is 0.530. The van der Waals surface area contributed by atoms with Gasteiger partial charge in [0.15, 0.2) is 0 Å². The number of nitrogens with zero attached hydrogens (tertiary/aromatic N) is 1. The normalized spacial score (nSPS) is 16.8. The van der Waals surface area contributed by atoms with E-state index in [9.17, 15) is 4.79 Å². The topological polar surface area (TPSA) is 52.6 Å². The van der Waals surface area contributed by atoms with Crippen LogP contribution in [0.4, 0.5) is 10.5 Å². The van der Waals surface area contributed by atoms with Gasteiger partial charge in [-0.15, -0.1) is 0 Å². The minimum absolute atomic E-state index is 0.00254. The van der Waals surface area contributed by atoms with Gasteiger partial charge in [-0.2, -0.15) is 0 Å². The molecule has 2 aromatic rings. The van der Waals surface area contributed by atoms with E-state index in [1.165, 1.54) is 4.90 Å². The molecule has 0 saturated carbocycles. The first-order chi connectivity index (χ1) is 9.24. The van der Waals surface area contributed by atoms with Gasteiger partial charge in [0.25, 0.3) is 0 Å². The van der Waals surface area contributed by atoms with E-state index in [1.807, 2.05) is 35.4 Å². The van der Waals surface area contributed by atoms with Crippen molar-refractivity contribution in [1.82, 2.24) is 9.88 Å². The highest BCUT2D eigenvalue weighted by molar-refractivity contribution is 6.00. The van der Waals surface area contributed by atoms with Crippen LogP contribution in [0, 0.1) is 0 Å². The van der Waals surface area contributed by atoms with Gasteiger partial charge in [-0.1, -0.05) is 18.2 Å². The molecule has 3 N–H and O–H groups in total. The van der Waals surface area contributed by atoms with Crippen molar-refractivity contribution in [3.8, 4) is 0 Å². The van der Waals surface area contributed by atoms with E-state index in [1.54, 1.807) is 0 Å². The average Bonchev–Trinajstić information content (AvgIpc) is 2.83. The minimum atomic E-state index is -0.00254. The molecular weight excluding hydrogens is 240 g/mol. The molecule has 1 saturated heterocycles. The Hall–Kier alpha value is -2.01. The predicted molar refractivity (Wildman–Crippen MR) is 75.5 cm³/mol. The van der Waals surface area contributed by atoms with Crippen LogP contribution < -0.4 is 10.2 Å². The molecule has 0 bridgehead atoms. The zero-order valence-electron chi connectivity index (χ0n) is 11.1. The number of anilines is 1. The molecule has 5 nitrogen and oxygen atoms in total. The molecule has 1 aromatic carbocycles. The number of piperazine rings is 1. The monoisotopic (exact) mass is 259 g/mol. The van der Waals surface area contributed by atoms with Gasteiger partial charge < -0.3 is 20.1 Å². The highest BCUT2D eigenvalue weighted by Crippen LogP contribution is 2.22. The Balaban J connectivity index is 1.72. The largest absolute Gasteiger partial charge is 0.359 e. The number of rotatable bonds is 1. The van der Waals surface area contributed by atoms with Crippen molar-refractivity contribution in [2.24, 2.45) is 0 Å². The molecule has 0 atom stereocenters. The van der Waals surface area contributed by atoms with Crippen molar-refractivity contribution in [1.29, 1.82) is 0 Å². The number of fused-ring (bicyclic) bond motifs is 1. The van der Waals surface area contributed by atoms with Gasteiger partial charge in [-0.05, 0) is 6.07 Å². The summed E-state index contributed by atoms with van der Waals surface area (Å²) >= 11 is 0. The fourth-order valence-electron chi connectivity index (χ4n) is 2.46. The Morgan fingerprint density at radius 2 is 2.05 bits per heavy atom. The van der Waals surface area contributed by atoms with Crippen LogP contribution in [0.5, 0.6) is 0 Å². The number of benzene rings is 1. The Morgan fingerprint density at radius 1 is 1.32 bits per heavy atom. The maximum absolute atomic E-state index is 12.2. The fraction of sp³-hybridized carbons (Fsp3) is 0.357. The van der Waals surface area contributed by atoms with E-state index >= 15 is 0 Å². The molecular formula is C14H19N4O+. The maximum Gasteiger partial charge on any atom is 0.322 e. The van der Waals surface area contributed by atoms with Crippen LogP contribution in [-0.2, 0) is 0 Å². The fourth-order valence-corrected chi connectivity index (χ4v) is 2.46.